The minimum absolute atomic E-state index is 0. The molecule has 6 heteroatoms. The number of nitrogens with zero attached hydrogens (tertiary/aromatic N) is 2. The lowest BCUT2D eigenvalue weighted by atomic mass is 9.78. The van der Waals surface area contributed by atoms with Crippen LogP contribution in [0.5, 0.6) is 0 Å². The molecule has 4 nitrogen and oxygen atoms in total. The minimum Gasteiger partial charge on any atom is -0.337 e. The van der Waals surface area contributed by atoms with Crippen LogP contribution in [0.4, 0.5) is 0 Å². The molecule has 1 saturated carbocycles. The van der Waals surface area contributed by atoms with Gasteiger partial charge in [0.2, 0.25) is 5.91 Å². The van der Waals surface area contributed by atoms with E-state index in [1.54, 1.807) is 0 Å². The van der Waals surface area contributed by atoms with Gasteiger partial charge in [0, 0.05) is 37.1 Å². The Balaban J connectivity index is 0.00000156. The van der Waals surface area contributed by atoms with E-state index in [9.17, 15) is 4.79 Å². The van der Waals surface area contributed by atoms with E-state index in [-0.39, 0.29) is 12.4 Å². The van der Waals surface area contributed by atoms with Crippen molar-refractivity contribution in [2.24, 2.45) is 17.6 Å². The number of hydrogen-bond donors (Lipinski definition) is 1. The monoisotopic (exact) mass is 355 g/mol. The van der Waals surface area contributed by atoms with Crippen molar-refractivity contribution in [2.75, 3.05) is 26.2 Å². The maximum atomic E-state index is 12.6. The van der Waals surface area contributed by atoms with Gasteiger partial charge in [0.05, 0.1) is 6.54 Å². The van der Waals surface area contributed by atoms with Crippen LogP contribution in [0.1, 0.15) is 29.7 Å². The first-order chi connectivity index (χ1) is 10.7. The fourth-order valence-electron chi connectivity index (χ4n) is 4.49. The molecule has 1 aliphatic carbocycles. The average Bonchev–Trinajstić information content (AvgIpc) is 3.13. The molecular formula is C17H26ClN3OS. The fraction of sp³-hybridized carbons (Fsp3) is 0.706. The first-order valence-electron chi connectivity index (χ1n) is 8.51. The molecule has 1 aromatic heterocycles. The van der Waals surface area contributed by atoms with Crippen LogP contribution in [0.15, 0.2) is 11.4 Å². The number of thiophene rings is 1. The van der Waals surface area contributed by atoms with Crippen LogP contribution >= 0.6 is 23.7 Å². The van der Waals surface area contributed by atoms with Crippen molar-refractivity contribution in [3.8, 4) is 0 Å². The van der Waals surface area contributed by atoms with Crippen molar-refractivity contribution in [1.29, 1.82) is 0 Å². The molecule has 2 fully saturated rings. The first-order valence-corrected chi connectivity index (χ1v) is 9.39. The summed E-state index contributed by atoms with van der Waals surface area (Å²) in [5.41, 5.74) is 7.62. The molecule has 128 valence electrons. The highest BCUT2D eigenvalue weighted by Gasteiger charge is 2.39. The van der Waals surface area contributed by atoms with Crippen molar-refractivity contribution in [1.82, 2.24) is 9.80 Å². The van der Waals surface area contributed by atoms with Crippen molar-refractivity contribution < 1.29 is 4.79 Å². The largest absolute Gasteiger partial charge is 0.337 e. The number of carbonyl (C=O) groups excluding carboxylic acids is 1. The number of halogens is 1. The summed E-state index contributed by atoms with van der Waals surface area (Å²) in [4.78, 5) is 18.5. The Hall–Kier alpha value is -0.620. The first kappa shape index (κ1) is 17.2. The van der Waals surface area contributed by atoms with Crippen LogP contribution in [-0.4, -0.2) is 47.9 Å². The summed E-state index contributed by atoms with van der Waals surface area (Å²) in [5.74, 6) is 1.64. The average molecular weight is 356 g/mol. The minimum atomic E-state index is 0. The van der Waals surface area contributed by atoms with E-state index in [1.165, 1.54) is 23.3 Å². The van der Waals surface area contributed by atoms with E-state index in [1.807, 2.05) is 16.2 Å². The molecule has 23 heavy (non-hydrogen) atoms. The summed E-state index contributed by atoms with van der Waals surface area (Å²) in [5, 5.41) is 2.14. The SMILES string of the molecule is Cl.NC1CCCC2CN(CC(=O)N3CCc4sccc4C3)CC12. The maximum Gasteiger partial charge on any atom is 0.237 e. The van der Waals surface area contributed by atoms with Gasteiger partial charge in [-0.1, -0.05) is 6.42 Å². The van der Waals surface area contributed by atoms with Gasteiger partial charge < -0.3 is 10.6 Å². The van der Waals surface area contributed by atoms with Crippen LogP contribution in [0.2, 0.25) is 0 Å². The molecule has 3 aliphatic rings. The van der Waals surface area contributed by atoms with Crippen LogP contribution in [-0.2, 0) is 17.8 Å². The van der Waals surface area contributed by atoms with Gasteiger partial charge in [-0.3, -0.25) is 9.69 Å². The van der Waals surface area contributed by atoms with Gasteiger partial charge in [-0.25, -0.2) is 0 Å². The standard InChI is InChI=1S/C17H25N3OS.ClH/c18-15-3-1-2-12-8-19(10-14(12)15)11-17(21)20-6-4-16-13(9-20)5-7-22-16;/h5,7,12,14-15H,1-4,6,8-11,18H2;1H. The number of hydrogen-bond acceptors (Lipinski definition) is 4. The van der Waals surface area contributed by atoms with Gasteiger partial charge in [0.1, 0.15) is 0 Å². The Bertz CT molecular complexity index is 564. The molecule has 3 atom stereocenters. The Labute approximate surface area is 148 Å². The topological polar surface area (TPSA) is 49.6 Å². The van der Waals surface area contributed by atoms with Gasteiger partial charge in [-0.05, 0) is 48.1 Å². The lowest BCUT2D eigenvalue weighted by Crippen LogP contribution is -2.42. The highest BCUT2D eigenvalue weighted by atomic mass is 35.5. The summed E-state index contributed by atoms with van der Waals surface area (Å²) in [6.07, 6.45) is 4.74. The third-order valence-corrected chi connectivity index (χ3v) is 6.77. The zero-order valence-electron chi connectivity index (χ0n) is 13.4. The van der Waals surface area contributed by atoms with Crippen LogP contribution in [0.3, 0.4) is 0 Å². The molecule has 1 amide bonds. The lowest BCUT2D eigenvalue weighted by Gasteiger charge is -2.30. The zero-order valence-corrected chi connectivity index (χ0v) is 15.1. The van der Waals surface area contributed by atoms with E-state index in [0.29, 0.717) is 24.4 Å². The predicted octanol–water partition coefficient (Wildman–Crippen LogP) is 2.11. The van der Waals surface area contributed by atoms with Gasteiger partial charge in [0.15, 0.2) is 0 Å². The van der Waals surface area contributed by atoms with Gasteiger partial charge in [-0.2, -0.15) is 0 Å². The number of fused-ring (bicyclic) bond motifs is 2. The normalized spacial score (nSPS) is 30.5. The molecule has 4 rings (SSSR count). The Kier molecular flexibility index (Phi) is 5.31. The van der Waals surface area contributed by atoms with E-state index in [2.05, 4.69) is 16.3 Å². The van der Waals surface area contributed by atoms with Crippen molar-refractivity contribution in [3.05, 3.63) is 21.9 Å². The summed E-state index contributed by atoms with van der Waals surface area (Å²) < 4.78 is 0. The molecule has 1 aromatic rings. The van der Waals surface area contributed by atoms with Crippen LogP contribution in [0, 0.1) is 11.8 Å². The smallest absolute Gasteiger partial charge is 0.237 e. The molecule has 0 spiro atoms. The summed E-state index contributed by atoms with van der Waals surface area (Å²) in [6, 6.07) is 2.52. The molecule has 3 heterocycles. The number of rotatable bonds is 2. The van der Waals surface area contributed by atoms with Crippen LogP contribution in [0.25, 0.3) is 0 Å². The highest BCUT2D eigenvalue weighted by molar-refractivity contribution is 7.10. The fourth-order valence-corrected chi connectivity index (χ4v) is 5.38. The van der Waals surface area contributed by atoms with E-state index in [4.69, 9.17) is 5.73 Å². The zero-order chi connectivity index (χ0) is 15.1. The van der Waals surface area contributed by atoms with Gasteiger partial charge in [-0.15, -0.1) is 23.7 Å². The molecule has 0 bridgehead atoms. The second-order valence-corrected chi connectivity index (χ2v) is 8.15. The lowest BCUT2D eigenvalue weighted by molar-refractivity contribution is -0.133. The molecular weight excluding hydrogens is 330 g/mol. The second kappa shape index (κ2) is 7.09. The summed E-state index contributed by atoms with van der Waals surface area (Å²) in [6.45, 7) is 4.36. The molecule has 2 N–H and O–H groups in total. The van der Waals surface area contributed by atoms with Crippen molar-refractivity contribution >= 4 is 29.7 Å². The summed E-state index contributed by atoms with van der Waals surface area (Å²) in [7, 11) is 0. The molecule has 1 saturated heterocycles. The number of likely N-dealkylation sites (tertiary alicyclic amines) is 1. The maximum absolute atomic E-state index is 12.6. The van der Waals surface area contributed by atoms with Gasteiger partial charge >= 0.3 is 0 Å². The highest BCUT2D eigenvalue weighted by Crippen LogP contribution is 2.35. The van der Waals surface area contributed by atoms with E-state index >= 15 is 0 Å². The third kappa shape index (κ3) is 3.43. The molecule has 3 unspecified atom stereocenters. The predicted molar refractivity (Wildman–Crippen MR) is 95.9 cm³/mol. The van der Waals surface area contributed by atoms with Crippen molar-refractivity contribution in [3.63, 3.8) is 0 Å². The van der Waals surface area contributed by atoms with E-state index < -0.39 is 0 Å². The number of nitrogens with two attached hydrogens (primary N) is 1. The Morgan fingerprint density at radius 1 is 1.35 bits per heavy atom. The molecule has 0 aromatic carbocycles. The quantitative estimate of drug-likeness (QED) is 0.884. The molecule has 2 aliphatic heterocycles. The van der Waals surface area contributed by atoms with Crippen LogP contribution < -0.4 is 5.73 Å². The second-order valence-electron chi connectivity index (χ2n) is 7.15. The summed E-state index contributed by atoms with van der Waals surface area (Å²) >= 11 is 1.82. The number of carbonyl (C=O) groups is 1. The van der Waals surface area contributed by atoms with Crippen molar-refractivity contribution in [2.45, 2.75) is 38.3 Å². The molecule has 0 radical (unpaired) electrons. The Morgan fingerprint density at radius 3 is 3.04 bits per heavy atom. The third-order valence-electron chi connectivity index (χ3n) is 5.75. The van der Waals surface area contributed by atoms with Gasteiger partial charge in [0.25, 0.3) is 0 Å². The Morgan fingerprint density at radius 2 is 2.22 bits per heavy atom. The van der Waals surface area contributed by atoms with E-state index in [0.717, 1.165) is 44.9 Å². The number of amides is 1.